The van der Waals surface area contributed by atoms with E-state index >= 15 is 0 Å². The minimum Gasteiger partial charge on any atom is -0.508 e. The zero-order chi connectivity index (χ0) is 24.4. The van der Waals surface area contributed by atoms with Gasteiger partial charge in [0, 0.05) is 18.0 Å². The number of halogens is 1. The molecule has 0 bridgehead atoms. The van der Waals surface area contributed by atoms with Gasteiger partial charge in [-0.05, 0) is 79.4 Å². The fourth-order valence-corrected chi connectivity index (χ4v) is 5.41. The summed E-state index contributed by atoms with van der Waals surface area (Å²) in [7, 11) is 0. The summed E-state index contributed by atoms with van der Waals surface area (Å²) in [6.07, 6.45) is 3.49. The molecule has 2 N–H and O–H groups in total. The average molecular weight is 478 g/mol. The first-order chi connectivity index (χ1) is 17.0. The highest BCUT2D eigenvalue weighted by atomic mass is 19.1. The normalized spacial score (nSPS) is 22.3. The largest absolute Gasteiger partial charge is 0.508 e. The number of hydrogen-bond acceptors (Lipinski definition) is 5. The molecule has 6 heteroatoms. The zero-order valence-electron chi connectivity index (χ0n) is 20.0. The first kappa shape index (κ1) is 23.5. The van der Waals surface area contributed by atoms with Crippen LogP contribution in [0.3, 0.4) is 0 Å². The number of hydrogen-bond donors (Lipinski definition) is 2. The lowest BCUT2D eigenvalue weighted by atomic mass is 9.75. The van der Waals surface area contributed by atoms with E-state index in [4.69, 9.17) is 9.47 Å². The molecule has 5 nitrogen and oxygen atoms in total. The van der Waals surface area contributed by atoms with Gasteiger partial charge in [-0.15, -0.1) is 0 Å². The van der Waals surface area contributed by atoms with Crippen LogP contribution >= 0.6 is 0 Å². The van der Waals surface area contributed by atoms with Gasteiger partial charge in [-0.3, -0.25) is 4.90 Å². The standard InChI is InChI=1S/C29H32FNO4/c1-19-26(20-5-9-22(32)10-6-20)29(35-25-14-13-24(33)28(30)27(19)25)21-7-11-23(12-8-21)34-18-17-31-15-3-2-4-16-31/h5-14,19,26,29,32-33H,2-4,15-18H2,1H3/t19-,26+,29-/m0/s1. The number of fused-ring (bicyclic) bond motifs is 1. The Morgan fingerprint density at radius 2 is 1.60 bits per heavy atom. The number of piperidine rings is 1. The van der Waals surface area contributed by atoms with Crippen LogP contribution in [0.25, 0.3) is 0 Å². The molecule has 0 radical (unpaired) electrons. The Morgan fingerprint density at radius 1 is 0.914 bits per heavy atom. The molecule has 0 aliphatic carbocycles. The number of nitrogens with zero attached hydrogens (tertiary/aromatic N) is 1. The minimum absolute atomic E-state index is 0.171. The van der Waals surface area contributed by atoms with Gasteiger partial charge < -0.3 is 19.7 Å². The van der Waals surface area contributed by atoms with Crippen LogP contribution in [0.15, 0.2) is 60.7 Å². The Balaban J connectivity index is 1.39. The van der Waals surface area contributed by atoms with Crippen LogP contribution in [-0.2, 0) is 0 Å². The highest BCUT2D eigenvalue weighted by Gasteiger charge is 2.40. The third-order valence-electron chi connectivity index (χ3n) is 7.31. The van der Waals surface area contributed by atoms with Gasteiger partial charge in [0.05, 0.1) is 0 Å². The molecule has 2 heterocycles. The molecule has 0 saturated carbocycles. The number of likely N-dealkylation sites (tertiary alicyclic amines) is 1. The summed E-state index contributed by atoms with van der Waals surface area (Å²) in [4.78, 5) is 2.45. The molecule has 184 valence electrons. The van der Waals surface area contributed by atoms with Crippen molar-refractivity contribution < 1.29 is 24.1 Å². The summed E-state index contributed by atoms with van der Waals surface area (Å²) in [6, 6.07) is 17.8. The fraction of sp³-hybridized carbons (Fsp3) is 0.379. The zero-order valence-corrected chi connectivity index (χ0v) is 20.0. The van der Waals surface area contributed by atoms with Crippen molar-refractivity contribution in [3.05, 3.63) is 83.2 Å². The molecule has 1 saturated heterocycles. The lowest BCUT2D eigenvalue weighted by molar-refractivity contribution is 0.133. The smallest absolute Gasteiger partial charge is 0.171 e. The maximum Gasteiger partial charge on any atom is 0.171 e. The molecule has 0 amide bonds. The summed E-state index contributed by atoms with van der Waals surface area (Å²) in [5.74, 6) is -0.0826. The van der Waals surface area contributed by atoms with Crippen molar-refractivity contribution in [3.8, 4) is 23.0 Å². The van der Waals surface area contributed by atoms with Crippen LogP contribution in [0.1, 0.15) is 60.8 Å². The van der Waals surface area contributed by atoms with Gasteiger partial charge >= 0.3 is 0 Å². The SMILES string of the molecule is C[C@@H]1c2c(ccc(O)c2F)O[C@@H](c2ccc(OCCN3CCCCC3)cc2)[C@H]1c1ccc(O)cc1. The molecule has 3 aromatic carbocycles. The van der Waals surface area contributed by atoms with Crippen molar-refractivity contribution >= 4 is 0 Å². The van der Waals surface area contributed by atoms with Crippen molar-refractivity contribution in [2.45, 2.75) is 44.1 Å². The van der Waals surface area contributed by atoms with Crippen molar-refractivity contribution in [3.63, 3.8) is 0 Å². The molecule has 3 atom stereocenters. The van der Waals surface area contributed by atoms with E-state index in [-0.39, 0.29) is 29.4 Å². The molecule has 2 aliphatic rings. The maximum absolute atomic E-state index is 14.9. The van der Waals surface area contributed by atoms with Crippen molar-refractivity contribution in [2.75, 3.05) is 26.2 Å². The molecular weight excluding hydrogens is 445 g/mol. The molecule has 35 heavy (non-hydrogen) atoms. The molecule has 3 aromatic rings. The first-order valence-corrected chi connectivity index (χ1v) is 12.4. The van der Waals surface area contributed by atoms with Gasteiger partial charge in [0.25, 0.3) is 0 Å². The van der Waals surface area contributed by atoms with Crippen LogP contribution in [0.2, 0.25) is 0 Å². The quantitative estimate of drug-likeness (QED) is 0.448. The van der Waals surface area contributed by atoms with Crippen LogP contribution in [0.5, 0.6) is 23.0 Å². The van der Waals surface area contributed by atoms with Crippen LogP contribution in [0, 0.1) is 5.82 Å². The Bertz CT molecular complexity index is 1140. The Morgan fingerprint density at radius 3 is 2.31 bits per heavy atom. The highest BCUT2D eigenvalue weighted by Crippen LogP contribution is 2.52. The average Bonchev–Trinajstić information content (AvgIpc) is 2.88. The molecule has 0 aromatic heterocycles. The molecule has 2 aliphatic heterocycles. The second-order valence-corrected chi connectivity index (χ2v) is 9.57. The van der Waals surface area contributed by atoms with Crippen molar-refractivity contribution in [2.24, 2.45) is 0 Å². The highest BCUT2D eigenvalue weighted by molar-refractivity contribution is 5.49. The van der Waals surface area contributed by atoms with E-state index in [0.29, 0.717) is 17.9 Å². The fourth-order valence-electron chi connectivity index (χ4n) is 5.41. The topological polar surface area (TPSA) is 62.2 Å². The Hall–Kier alpha value is -3.25. The molecular formula is C29H32FNO4. The number of aromatic hydroxyl groups is 2. The third kappa shape index (κ3) is 4.94. The van der Waals surface area contributed by atoms with Crippen LogP contribution in [0.4, 0.5) is 4.39 Å². The molecule has 5 rings (SSSR count). The summed E-state index contributed by atoms with van der Waals surface area (Å²) < 4.78 is 27.3. The van der Waals surface area contributed by atoms with E-state index in [1.54, 1.807) is 18.2 Å². The number of phenols is 2. The van der Waals surface area contributed by atoms with Gasteiger partial charge in [-0.1, -0.05) is 37.6 Å². The first-order valence-electron chi connectivity index (χ1n) is 12.4. The number of rotatable bonds is 6. The number of ether oxygens (including phenoxy) is 2. The van der Waals surface area contributed by atoms with Crippen molar-refractivity contribution in [1.82, 2.24) is 4.90 Å². The Kier molecular flexibility index (Phi) is 6.82. The summed E-state index contributed by atoms with van der Waals surface area (Å²) in [6.45, 7) is 5.84. The van der Waals surface area contributed by atoms with Crippen LogP contribution < -0.4 is 9.47 Å². The van der Waals surface area contributed by atoms with E-state index in [1.807, 2.05) is 43.3 Å². The van der Waals surface area contributed by atoms with Gasteiger partial charge in [-0.25, -0.2) is 4.39 Å². The minimum atomic E-state index is -0.644. The second kappa shape index (κ2) is 10.2. The van der Waals surface area contributed by atoms with Gasteiger partial charge in [-0.2, -0.15) is 0 Å². The van der Waals surface area contributed by atoms with Gasteiger partial charge in [0.15, 0.2) is 11.6 Å². The lowest BCUT2D eigenvalue weighted by Crippen LogP contribution is -2.33. The maximum atomic E-state index is 14.9. The van der Waals surface area contributed by atoms with E-state index < -0.39 is 5.82 Å². The summed E-state index contributed by atoms with van der Waals surface area (Å²) in [5, 5.41) is 19.8. The predicted octanol–water partition coefficient (Wildman–Crippen LogP) is 6.12. The van der Waals surface area contributed by atoms with E-state index in [9.17, 15) is 14.6 Å². The summed E-state index contributed by atoms with van der Waals surface area (Å²) >= 11 is 0. The molecule has 0 unspecified atom stereocenters. The Labute approximate surface area is 205 Å². The molecule has 1 fully saturated rings. The van der Waals surface area contributed by atoms with Gasteiger partial charge in [0.2, 0.25) is 0 Å². The van der Waals surface area contributed by atoms with Crippen LogP contribution in [-0.4, -0.2) is 41.4 Å². The van der Waals surface area contributed by atoms with Gasteiger partial charge in [0.1, 0.15) is 30.0 Å². The van der Waals surface area contributed by atoms with Crippen molar-refractivity contribution in [1.29, 1.82) is 0 Å². The molecule has 0 spiro atoms. The van der Waals surface area contributed by atoms with E-state index in [0.717, 1.165) is 36.5 Å². The number of benzene rings is 3. The monoisotopic (exact) mass is 477 g/mol. The van der Waals surface area contributed by atoms with E-state index in [2.05, 4.69) is 4.90 Å². The lowest BCUT2D eigenvalue weighted by Gasteiger charge is -2.39. The van der Waals surface area contributed by atoms with E-state index in [1.165, 1.54) is 25.3 Å². The second-order valence-electron chi connectivity index (χ2n) is 9.57. The predicted molar refractivity (Wildman–Crippen MR) is 133 cm³/mol. The summed E-state index contributed by atoms with van der Waals surface area (Å²) in [5.41, 5.74) is 2.25. The number of phenolic OH excluding ortho intramolecular Hbond substituents is 2. The third-order valence-corrected chi connectivity index (χ3v) is 7.31.